The van der Waals surface area contributed by atoms with Crippen molar-refractivity contribution in [2.45, 2.75) is 38.7 Å². The van der Waals surface area contributed by atoms with Crippen molar-refractivity contribution in [2.24, 2.45) is 4.99 Å². The van der Waals surface area contributed by atoms with Crippen LogP contribution < -0.4 is 5.56 Å². The monoisotopic (exact) mass is 722 g/mol. The Morgan fingerprint density at radius 2 is 1.41 bits per heavy atom. The summed E-state index contributed by atoms with van der Waals surface area (Å²) in [7, 11) is 3.67. The fourth-order valence-electron chi connectivity index (χ4n) is 6.06. The molecular formula is C42H38N6O6. The van der Waals surface area contributed by atoms with E-state index >= 15 is 0 Å². The normalized spacial score (nSPS) is 16.8. The van der Waals surface area contributed by atoms with Crippen LogP contribution in [0.1, 0.15) is 44.5 Å². The standard InChI is InChI=1S/C42H38N6O6/c1-26-15-19-30(20-16-26)41(50)52-24-33-32(54-42(51)31-21-17-27(2)18-22-31)23-34(53-33)48-39-36(44-35(40(48)49)28-11-7-5-8-12-28)38(43-25-47(3)4)45-37(46-39)29-13-9-6-10-14-29/h5-22,25,32-34H,23-24H2,1-4H3/t32-,33+,34+/m0/s1. The Labute approximate surface area is 311 Å². The molecule has 1 fully saturated rings. The Morgan fingerprint density at radius 3 is 2.02 bits per heavy atom. The van der Waals surface area contributed by atoms with Gasteiger partial charge in [0.25, 0.3) is 5.56 Å². The number of ether oxygens (including phenoxy) is 3. The van der Waals surface area contributed by atoms with Crippen molar-refractivity contribution in [3.05, 3.63) is 142 Å². The molecule has 1 saturated heterocycles. The van der Waals surface area contributed by atoms with Gasteiger partial charge in [-0.1, -0.05) is 96.1 Å². The lowest BCUT2D eigenvalue weighted by Crippen LogP contribution is -2.32. The van der Waals surface area contributed by atoms with Crippen LogP contribution in [0.5, 0.6) is 0 Å². The minimum absolute atomic E-state index is 0.0403. The summed E-state index contributed by atoms with van der Waals surface area (Å²) in [5.74, 6) is -0.583. The zero-order valence-electron chi connectivity index (χ0n) is 30.2. The van der Waals surface area contributed by atoms with Gasteiger partial charge in [-0.3, -0.25) is 9.36 Å². The zero-order valence-corrected chi connectivity index (χ0v) is 30.2. The molecule has 0 spiro atoms. The SMILES string of the molecule is Cc1ccc(C(=O)OC[C@H]2O[C@@H](n3c(=O)c(-c4ccccc4)nc4c(N=CN(C)C)nc(-c5ccccc5)nc43)C[C@@H]2OC(=O)c2ccc(C)cc2)cc1. The Hall–Kier alpha value is -6.53. The van der Waals surface area contributed by atoms with Crippen LogP contribution >= 0.6 is 0 Å². The highest BCUT2D eigenvalue weighted by Gasteiger charge is 2.42. The second-order valence-electron chi connectivity index (χ2n) is 13.3. The van der Waals surface area contributed by atoms with Gasteiger partial charge in [0.2, 0.25) is 0 Å². The summed E-state index contributed by atoms with van der Waals surface area (Å²) >= 11 is 0. The summed E-state index contributed by atoms with van der Waals surface area (Å²) in [5.41, 5.74) is 4.04. The first kappa shape index (κ1) is 35.9. The number of rotatable bonds is 10. The van der Waals surface area contributed by atoms with E-state index in [1.54, 1.807) is 47.6 Å². The Bertz CT molecular complexity index is 2380. The predicted molar refractivity (Wildman–Crippen MR) is 205 cm³/mol. The van der Waals surface area contributed by atoms with Gasteiger partial charge in [-0.05, 0) is 38.1 Å². The first-order valence-corrected chi connectivity index (χ1v) is 17.5. The Morgan fingerprint density at radius 1 is 0.815 bits per heavy atom. The van der Waals surface area contributed by atoms with Crippen LogP contribution in [0.25, 0.3) is 33.8 Å². The largest absolute Gasteiger partial charge is 0.459 e. The van der Waals surface area contributed by atoms with Crippen molar-refractivity contribution >= 4 is 35.3 Å². The minimum atomic E-state index is -1.02. The molecule has 0 bridgehead atoms. The third-order valence-corrected chi connectivity index (χ3v) is 8.89. The molecule has 12 heteroatoms. The smallest absolute Gasteiger partial charge is 0.338 e. The maximum absolute atomic E-state index is 14.7. The van der Waals surface area contributed by atoms with Crippen molar-refractivity contribution in [1.29, 1.82) is 0 Å². The topological polar surface area (TPSA) is 138 Å². The average molecular weight is 723 g/mol. The van der Waals surface area contributed by atoms with Crippen LogP contribution in [0, 0.1) is 13.8 Å². The molecule has 0 radical (unpaired) electrons. The fourth-order valence-corrected chi connectivity index (χ4v) is 6.06. The average Bonchev–Trinajstić information content (AvgIpc) is 3.58. The molecule has 0 unspecified atom stereocenters. The molecule has 0 saturated carbocycles. The van der Waals surface area contributed by atoms with Crippen molar-refractivity contribution in [3.8, 4) is 22.6 Å². The van der Waals surface area contributed by atoms with Gasteiger partial charge in [-0.25, -0.2) is 29.5 Å². The summed E-state index contributed by atoms with van der Waals surface area (Å²) in [5, 5.41) is 0. The third-order valence-electron chi connectivity index (χ3n) is 8.89. The van der Waals surface area contributed by atoms with E-state index in [1.807, 2.05) is 101 Å². The molecule has 1 aliphatic rings. The number of fused-ring (bicyclic) bond motifs is 1. The molecular weight excluding hydrogens is 684 g/mol. The maximum Gasteiger partial charge on any atom is 0.338 e. The number of carbonyl (C=O) groups is 2. The van der Waals surface area contributed by atoms with Crippen LogP contribution in [0.3, 0.4) is 0 Å². The number of aromatic nitrogens is 4. The molecule has 12 nitrogen and oxygen atoms in total. The van der Waals surface area contributed by atoms with Crippen LogP contribution in [0.2, 0.25) is 0 Å². The van der Waals surface area contributed by atoms with Crippen molar-refractivity contribution < 1.29 is 23.8 Å². The molecule has 0 N–H and O–H groups in total. The summed E-state index contributed by atoms with van der Waals surface area (Å²) in [6.07, 6.45) is -1.23. The number of esters is 2. The molecule has 0 aliphatic carbocycles. The quantitative estimate of drug-likeness (QED) is 0.0850. The van der Waals surface area contributed by atoms with Crippen LogP contribution in [0.4, 0.5) is 5.82 Å². The van der Waals surface area contributed by atoms with E-state index in [9.17, 15) is 14.4 Å². The lowest BCUT2D eigenvalue weighted by Gasteiger charge is -2.20. The summed E-state index contributed by atoms with van der Waals surface area (Å²) in [6.45, 7) is 3.60. The predicted octanol–water partition coefficient (Wildman–Crippen LogP) is 6.73. The van der Waals surface area contributed by atoms with E-state index < -0.39 is 35.9 Å². The Balaban J connectivity index is 1.35. The van der Waals surface area contributed by atoms with Gasteiger partial charge in [-0.15, -0.1) is 0 Å². The van der Waals surface area contributed by atoms with E-state index in [-0.39, 0.29) is 35.7 Å². The van der Waals surface area contributed by atoms with Crippen molar-refractivity contribution in [3.63, 3.8) is 0 Å². The zero-order chi connectivity index (χ0) is 37.8. The first-order chi connectivity index (χ1) is 26.1. The van der Waals surface area contributed by atoms with E-state index in [0.29, 0.717) is 28.1 Å². The van der Waals surface area contributed by atoms with E-state index in [1.165, 1.54) is 4.57 Å². The van der Waals surface area contributed by atoms with Crippen molar-refractivity contribution in [1.82, 2.24) is 24.4 Å². The van der Waals surface area contributed by atoms with Gasteiger partial charge in [0.05, 0.1) is 17.5 Å². The highest BCUT2D eigenvalue weighted by molar-refractivity contribution is 5.90. The molecule has 6 aromatic rings. The van der Waals surface area contributed by atoms with Gasteiger partial charge in [0, 0.05) is 31.6 Å². The third kappa shape index (κ3) is 7.79. The van der Waals surface area contributed by atoms with Gasteiger partial charge in [0.1, 0.15) is 30.7 Å². The summed E-state index contributed by atoms with van der Waals surface area (Å²) in [4.78, 5) is 62.2. The molecule has 7 rings (SSSR count). The fraction of sp³-hybridized carbons (Fsp3) is 0.214. The number of hydrogen-bond donors (Lipinski definition) is 0. The Kier molecular flexibility index (Phi) is 10.4. The van der Waals surface area contributed by atoms with Gasteiger partial charge in [-0.2, -0.15) is 0 Å². The molecule has 3 heterocycles. The minimum Gasteiger partial charge on any atom is -0.459 e. The van der Waals surface area contributed by atoms with Crippen LogP contribution in [-0.2, 0) is 14.2 Å². The van der Waals surface area contributed by atoms with Crippen LogP contribution in [0.15, 0.2) is 119 Å². The molecule has 272 valence electrons. The number of carbonyl (C=O) groups excluding carboxylic acids is 2. The van der Waals surface area contributed by atoms with Crippen molar-refractivity contribution in [2.75, 3.05) is 20.7 Å². The van der Waals surface area contributed by atoms with Gasteiger partial charge < -0.3 is 19.1 Å². The van der Waals surface area contributed by atoms with E-state index in [2.05, 4.69) is 4.99 Å². The molecule has 4 aromatic carbocycles. The van der Waals surface area contributed by atoms with E-state index in [0.717, 1.165) is 11.1 Å². The first-order valence-electron chi connectivity index (χ1n) is 17.5. The second kappa shape index (κ2) is 15.6. The molecule has 0 amide bonds. The maximum atomic E-state index is 14.7. The molecule has 2 aromatic heterocycles. The lowest BCUT2D eigenvalue weighted by atomic mass is 10.1. The number of benzene rings is 4. The number of nitrogens with zero attached hydrogens (tertiary/aromatic N) is 6. The number of hydrogen-bond acceptors (Lipinski definition) is 10. The molecule has 3 atom stereocenters. The summed E-state index contributed by atoms with van der Waals surface area (Å²) in [6, 6.07) is 32.4. The van der Waals surface area contributed by atoms with Gasteiger partial charge in [0.15, 0.2) is 22.8 Å². The van der Waals surface area contributed by atoms with Gasteiger partial charge >= 0.3 is 11.9 Å². The number of aryl methyl sites for hydroxylation is 2. The molecule has 54 heavy (non-hydrogen) atoms. The van der Waals surface area contributed by atoms with E-state index in [4.69, 9.17) is 29.2 Å². The number of aliphatic imine (C=N–C) groups is 1. The second-order valence-corrected chi connectivity index (χ2v) is 13.3. The highest BCUT2D eigenvalue weighted by Crippen LogP contribution is 2.35. The summed E-state index contributed by atoms with van der Waals surface area (Å²) < 4.78 is 19.8. The molecule has 1 aliphatic heterocycles. The highest BCUT2D eigenvalue weighted by atomic mass is 16.6. The van der Waals surface area contributed by atoms with Crippen LogP contribution in [-0.4, -0.2) is 75.6 Å². The lowest BCUT2D eigenvalue weighted by molar-refractivity contribution is -0.0569.